The Morgan fingerprint density at radius 1 is 1.03 bits per heavy atom. The third kappa shape index (κ3) is 4.67. The third-order valence-electron chi connectivity index (χ3n) is 9.54. The first-order valence-corrected chi connectivity index (χ1v) is 12.6. The Labute approximate surface area is 191 Å². The van der Waals surface area contributed by atoms with Gasteiger partial charge in [0.05, 0.1) is 12.2 Å². The highest BCUT2D eigenvalue weighted by atomic mass is 16.3. The maximum atomic E-state index is 10.2. The van der Waals surface area contributed by atoms with E-state index in [1.807, 2.05) is 0 Å². The quantitative estimate of drug-likeness (QED) is 0.465. The molecule has 0 aromatic rings. The number of allylic oxidation sites excluding steroid dienone is 5. The van der Waals surface area contributed by atoms with Gasteiger partial charge in [-0.1, -0.05) is 78.0 Å². The largest absolute Gasteiger partial charge is 0.393 e. The lowest BCUT2D eigenvalue weighted by Gasteiger charge is -2.51. The van der Waals surface area contributed by atoms with Gasteiger partial charge < -0.3 is 10.2 Å². The van der Waals surface area contributed by atoms with Gasteiger partial charge in [-0.3, -0.25) is 0 Å². The molecule has 3 fully saturated rings. The molecule has 0 spiro atoms. The van der Waals surface area contributed by atoms with Crippen LogP contribution in [-0.4, -0.2) is 22.4 Å². The molecule has 0 unspecified atom stereocenters. The molecule has 3 saturated carbocycles. The first kappa shape index (κ1) is 24.5. The lowest BCUT2D eigenvalue weighted by molar-refractivity contribution is 0.0456. The van der Waals surface area contributed by atoms with Crippen molar-refractivity contribution >= 4 is 0 Å². The molecule has 0 aromatic carbocycles. The molecule has 7 atom stereocenters. The number of aliphatic hydroxyl groups is 2. The van der Waals surface area contributed by atoms with E-state index in [2.05, 4.69) is 72.4 Å². The molecule has 31 heavy (non-hydrogen) atoms. The third-order valence-corrected chi connectivity index (χ3v) is 9.54. The Bertz CT molecular complexity index is 757. The predicted octanol–water partition coefficient (Wildman–Crippen LogP) is 7.00. The molecule has 0 aliphatic heterocycles. The molecule has 0 amide bonds. The zero-order valence-electron chi connectivity index (χ0n) is 20.8. The molecular weight excluding hydrogens is 380 g/mol. The van der Waals surface area contributed by atoms with Gasteiger partial charge in [-0.2, -0.15) is 0 Å². The summed E-state index contributed by atoms with van der Waals surface area (Å²) in [6.45, 7) is 18.5. The van der Waals surface area contributed by atoms with E-state index in [4.69, 9.17) is 0 Å². The second kappa shape index (κ2) is 9.40. The van der Waals surface area contributed by atoms with Gasteiger partial charge in [0.25, 0.3) is 0 Å². The van der Waals surface area contributed by atoms with Crippen molar-refractivity contribution in [2.45, 2.75) is 98.7 Å². The number of fused-ring (bicyclic) bond motifs is 1. The van der Waals surface area contributed by atoms with Gasteiger partial charge in [-0.05, 0) is 84.2 Å². The molecule has 0 aromatic heterocycles. The average Bonchev–Trinajstić information content (AvgIpc) is 2.99. The molecule has 0 radical (unpaired) electrons. The maximum Gasteiger partial charge on any atom is 0.0811 e. The van der Waals surface area contributed by atoms with Crippen molar-refractivity contribution < 1.29 is 10.2 Å². The van der Waals surface area contributed by atoms with Crippen LogP contribution in [0, 0.1) is 34.5 Å². The molecule has 2 N–H and O–H groups in total. The second-order valence-electron chi connectivity index (χ2n) is 11.6. The molecule has 0 saturated heterocycles. The summed E-state index contributed by atoms with van der Waals surface area (Å²) >= 11 is 0. The van der Waals surface area contributed by atoms with Crippen LogP contribution in [0.3, 0.4) is 0 Å². The summed E-state index contributed by atoms with van der Waals surface area (Å²) in [4.78, 5) is 0. The van der Waals surface area contributed by atoms with Crippen LogP contribution in [0.1, 0.15) is 86.5 Å². The van der Waals surface area contributed by atoms with Crippen LogP contribution in [0.2, 0.25) is 0 Å². The van der Waals surface area contributed by atoms with Crippen LogP contribution in [0.4, 0.5) is 0 Å². The Morgan fingerprint density at radius 3 is 2.42 bits per heavy atom. The standard InChI is InChI=1S/C29H46O2/c1-19(2)20(3)10-11-21(4)26-14-16-28(6)24(9-8-15-29(26,28)7)13-12-23-17-25(30)18-27(31)22(23)5/h10-13,19-21,25-27,30-31H,5,8-9,14-18H2,1-4,6-7H3/b11-10+,23-12-,24-13+/t20-,21+,25+,26+,27-,28-,29+/m0/s1. The van der Waals surface area contributed by atoms with E-state index in [-0.39, 0.29) is 5.41 Å². The van der Waals surface area contributed by atoms with Crippen molar-refractivity contribution in [2.24, 2.45) is 34.5 Å². The summed E-state index contributed by atoms with van der Waals surface area (Å²) < 4.78 is 0. The van der Waals surface area contributed by atoms with Crippen LogP contribution < -0.4 is 0 Å². The van der Waals surface area contributed by atoms with E-state index in [9.17, 15) is 10.2 Å². The van der Waals surface area contributed by atoms with Gasteiger partial charge >= 0.3 is 0 Å². The number of hydrogen-bond acceptors (Lipinski definition) is 2. The van der Waals surface area contributed by atoms with E-state index in [1.54, 1.807) is 5.57 Å². The summed E-state index contributed by atoms with van der Waals surface area (Å²) in [5, 5.41) is 20.3. The number of hydrogen-bond donors (Lipinski definition) is 2. The summed E-state index contributed by atoms with van der Waals surface area (Å²) in [5.74, 6) is 2.65. The van der Waals surface area contributed by atoms with E-state index in [0.29, 0.717) is 36.0 Å². The van der Waals surface area contributed by atoms with Gasteiger partial charge in [0.15, 0.2) is 0 Å². The van der Waals surface area contributed by atoms with Crippen molar-refractivity contribution in [2.75, 3.05) is 0 Å². The number of aliphatic hydroxyl groups excluding tert-OH is 2. The van der Waals surface area contributed by atoms with Crippen molar-refractivity contribution in [3.63, 3.8) is 0 Å². The molecule has 0 bridgehead atoms. The van der Waals surface area contributed by atoms with Gasteiger partial charge in [-0.15, -0.1) is 0 Å². The second-order valence-corrected chi connectivity index (χ2v) is 11.6. The van der Waals surface area contributed by atoms with Crippen LogP contribution in [-0.2, 0) is 0 Å². The summed E-state index contributed by atoms with van der Waals surface area (Å²) in [7, 11) is 0. The van der Waals surface area contributed by atoms with Gasteiger partial charge in [0.2, 0.25) is 0 Å². The van der Waals surface area contributed by atoms with E-state index >= 15 is 0 Å². The minimum absolute atomic E-state index is 0.228. The normalized spacial score (nSPS) is 41.3. The zero-order chi connectivity index (χ0) is 23.0. The van der Waals surface area contributed by atoms with Crippen LogP contribution >= 0.6 is 0 Å². The summed E-state index contributed by atoms with van der Waals surface area (Å²) in [6, 6.07) is 0. The predicted molar refractivity (Wildman–Crippen MR) is 132 cm³/mol. The van der Waals surface area contributed by atoms with Gasteiger partial charge in [0, 0.05) is 6.42 Å². The first-order chi connectivity index (χ1) is 14.5. The summed E-state index contributed by atoms with van der Waals surface area (Å²) in [5.41, 5.74) is 3.91. The molecule has 3 rings (SSSR count). The monoisotopic (exact) mass is 426 g/mol. The smallest absolute Gasteiger partial charge is 0.0811 e. The highest BCUT2D eigenvalue weighted by Crippen LogP contribution is 2.66. The summed E-state index contributed by atoms with van der Waals surface area (Å²) in [6.07, 6.45) is 15.6. The Balaban J connectivity index is 1.84. The molecule has 2 nitrogen and oxygen atoms in total. The van der Waals surface area contributed by atoms with Crippen LogP contribution in [0.15, 0.2) is 47.6 Å². The molecule has 3 aliphatic carbocycles. The number of rotatable bonds is 5. The van der Waals surface area contributed by atoms with Crippen molar-refractivity contribution in [1.29, 1.82) is 0 Å². The molecule has 2 heteroatoms. The fourth-order valence-corrected chi connectivity index (χ4v) is 6.64. The first-order valence-electron chi connectivity index (χ1n) is 12.6. The molecule has 0 heterocycles. The molecule has 174 valence electrons. The SMILES string of the molecule is C=C1/C(=C\C=C2/CCC[C@]3(C)[C@@H]([C@H](C)/C=C/[C@H](C)C(C)C)CC[C@@]23C)C[C@@H](O)C[C@@H]1O. The fraction of sp³-hybridized carbons (Fsp3) is 0.724. The average molecular weight is 427 g/mol. The zero-order valence-corrected chi connectivity index (χ0v) is 20.8. The van der Waals surface area contributed by atoms with Crippen molar-refractivity contribution in [3.8, 4) is 0 Å². The van der Waals surface area contributed by atoms with E-state index in [0.717, 1.165) is 23.5 Å². The van der Waals surface area contributed by atoms with Gasteiger partial charge in [0.1, 0.15) is 0 Å². The molecule has 3 aliphatic rings. The van der Waals surface area contributed by atoms with Crippen molar-refractivity contribution in [3.05, 3.63) is 47.6 Å². The highest BCUT2D eigenvalue weighted by molar-refractivity contribution is 5.39. The van der Waals surface area contributed by atoms with E-state index < -0.39 is 12.2 Å². The fourth-order valence-electron chi connectivity index (χ4n) is 6.64. The lowest BCUT2D eigenvalue weighted by atomic mass is 9.53. The Morgan fingerprint density at radius 2 is 1.74 bits per heavy atom. The van der Waals surface area contributed by atoms with Crippen molar-refractivity contribution in [1.82, 2.24) is 0 Å². The lowest BCUT2D eigenvalue weighted by Crippen LogP contribution is -2.42. The maximum absolute atomic E-state index is 10.2. The molecular formula is C29H46O2. The Kier molecular flexibility index (Phi) is 7.43. The van der Waals surface area contributed by atoms with Crippen LogP contribution in [0.25, 0.3) is 0 Å². The van der Waals surface area contributed by atoms with Crippen LogP contribution in [0.5, 0.6) is 0 Å². The Hall–Kier alpha value is -1.12. The minimum Gasteiger partial charge on any atom is -0.393 e. The van der Waals surface area contributed by atoms with Gasteiger partial charge in [-0.25, -0.2) is 0 Å². The van der Waals surface area contributed by atoms with E-state index in [1.165, 1.54) is 25.7 Å². The minimum atomic E-state index is -0.614. The highest BCUT2D eigenvalue weighted by Gasteiger charge is 2.57. The topological polar surface area (TPSA) is 40.5 Å².